The molecule has 5 nitrogen and oxygen atoms in total. The fourth-order valence-corrected chi connectivity index (χ4v) is 2.43. The summed E-state index contributed by atoms with van der Waals surface area (Å²) in [6, 6.07) is 5.19. The van der Waals surface area contributed by atoms with Gasteiger partial charge >= 0.3 is 0 Å². The predicted octanol–water partition coefficient (Wildman–Crippen LogP) is 1.43. The first kappa shape index (κ1) is 14.7. The molecule has 2 N–H and O–H groups in total. The third kappa shape index (κ3) is 3.63. The van der Waals surface area contributed by atoms with Gasteiger partial charge in [0.2, 0.25) is 0 Å². The maximum atomic E-state index is 12.1. The van der Waals surface area contributed by atoms with Crippen molar-refractivity contribution in [3.63, 3.8) is 0 Å². The Kier molecular flexibility index (Phi) is 5.24. The quantitative estimate of drug-likeness (QED) is 0.826. The van der Waals surface area contributed by atoms with E-state index in [0.717, 1.165) is 19.5 Å². The molecule has 1 heterocycles. The van der Waals surface area contributed by atoms with Crippen LogP contribution in [-0.2, 0) is 0 Å². The standard InChI is InChI=1S/C15H22N2O3/c1-19-13-4-3-12(9-14(13)20-2)15(18)17-8-6-11-5-7-16-10-11/h3-4,9,11,16H,5-8,10H2,1-2H3,(H,17,18). The number of methoxy groups -OCH3 is 2. The fourth-order valence-electron chi connectivity index (χ4n) is 2.43. The number of carbonyl (C=O) groups excluding carboxylic acids is 1. The van der Waals surface area contributed by atoms with E-state index in [1.165, 1.54) is 6.42 Å². The maximum absolute atomic E-state index is 12.1. The molecule has 0 saturated carbocycles. The number of carbonyl (C=O) groups is 1. The third-order valence-corrected chi connectivity index (χ3v) is 3.65. The van der Waals surface area contributed by atoms with E-state index >= 15 is 0 Å². The van der Waals surface area contributed by atoms with Crippen LogP contribution in [0, 0.1) is 5.92 Å². The first-order valence-electron chi connectivity index (χ1n) is 6.95. The van der Waals surface area contributed by atoms with Crippen LogP contribution in [-0.4, -0.2) is 39.8 Å². The molecule has 2 rings (SSSR count). The lowest BCUT2D eigenvalue weighted by molar-refractivity contribution is 0.0951. The number of amides is 1. The topological polar surface area (TPSA) is 59.6 Å². The van der Waals surface area contributed by atoms with Crippen LogP contribution in [0.4, 0.5) is 0 Å². The lowest BCUT2D eigenvalue weighted by Gasteiger charge is -2.11. The van der Waals surface area contributed by atoms with Crippen molar-refractivity contribution in [2.45, 2.75) is 12.8 Å². The van der Waals surface area contributed by atoms with E-state index < -0.39 is 0 Å². The zero-order valence-electron chi connectivity index (χ0n) is 12.1. The Bertz CT molecular complexity index is 456. The van der Waals surface area contributed by atoms with Gasteiger partial charge in [-0.3, -0.25) is 4.79 Å². The number of ether oxygens (including phenoxy) is 2. The zero-order valence-corrected chi connectivity index (χ0v) is 12.1. The van der Waals surface area contributed by atoms with Crippen molar-refractivity contribution in [3.8, 4) is 11.5 Å². The number of rotatable bonds is 6. The van der Waals surface area contributed by atoms with Crippen molar-refractivity contribution in [2.75, 3.05) is 33.9 Å². The normalized spacial score (nSPS) is 17.8. The molecule has 1 saturated heterocycles. The SMILES string of the molecule is COc1ccc(C(=O)NCCC2CCNC2)cc1OC. The van der Waals surface area contributed by atoms with E-state index in [0.29, 0.717) is 29.5 Å². The van der Waals surface area contributed by atoms with Crippen LogP contribution in [0.3, 0.4) is 0 Å². The van der Waals surface area contributed by atoms with Crippen molar-refractivity contribution < 1.29 is 14.3 Å². The van der Waals surface area contributed by atoms with Crippen molar-refractivity contribution in [1.29, 1.82) is 0 Å². The van der Waals surface area contributed by atoms with Gasteiger partial charge in [0.05, 0.1) is 14.2 Å². The number of hydrogen-bond acceptors (Lipinski definition) is 4. The largest absolute Gasteiger partial charge is 0.493 e. The number of hydrogen-bond donors (Lipinski definition) is 2. The Morgan fingerprint density at radius 1 is 1.35 bits per heavy atom. The van der Waals surface area contributed by atoms with Gasteiger partial charge in [-0.2, -0.15) is 0 Å². The summed E-state index contributed by atoms with van der Waals surface area (Å²) in [4.78, 5) is 12.1. The Hall–Kier alpha value is -1.75. The average molecular weight is 278 g/mol. The molecule has 1 fully saturated rings. The van der Waals surface area contributed by atoms with Crippen molar-refractivity contribution in [2.24, 2.45) is 5.92 Å². The highest BCUT2D eigenvalue weighted by Crippen LogP contribution is 2.27. The van der Waals surface area contributed by atoms with E-state index in [1.54, 1.807) is 32.4 Å². The first-order chi connectivity index (χ1) is 9.74. The van der Waals surface area contributed by atoms with Gasteiger partial charge < -0.3 is 20.1 Å². The fraction of sp³-hybridized carbons (Fsp3) is 0.533. The summed E-state index contributed by atoms with van der Waals surface area (Å²) < 4.78 is 10.4. The lowest BCUT2D eigenvalue weighted by Crippen LogP contribution is -2.26. The predicted molar refractivity (Wildman–Crippen MR) is 77.5 cm³/mol. The zero-order chi connectivity index (χ0) is 14.4. The highest BCUT2D eigenvalue weighted by Gasteiger charge is 2.15. The molecule has 1 aliphatic rings. The van der Waals surface area contributed by atoms with E-state index in [-0.39, 0.29) is 5.91 Å². The smallest absolute Gasteiger partial charge is 0.251 e. The Balaban J connectivity index is 1.88. The van der Waals surface area contributed by atoms with Crippen LogP contribution < -0.4 is 20.1 Å². The summed E-state index contributed by atoms with van der Waals surface area (Å²) in [5, 5.41) is 6.28. The van der Waals surface area contributed by atoms with E-state index in [2.05, 4.69) is 10.6 Å². The molecule has 1 unspecified atom stereocenters. The summed E-state index contributed by atoms with van der Waals surface area (Å²) in [5.74, 6) is 1.80. The van der Waals surface area contributed by atoms with E-state index in [1.807, 2.05) is 0 Å². The second-order valence-electron chi connectivity index (χ2n) is 4.97. The molecule has 1 aromatic carbocycles. The van der Waals surface area contributed by atoms with Gasteiger partial charge in [0, 0.05) is 12.1 Å². The lowest BCUT2D eigenvalue weighted by atomic mass is 10.1. The minimum absolute atomic E-state index is 0.0723. The van der Waals surface area contributed by atoms with E-state index in [4.69, 9.17) is 9.47 Å². The highest BCUT2D eigenvalue weighted by molar-refractivity contribution is 5.94. The Morgan fingerprint density at radius 2 is 2.15 bits per heavy atom. The van der Waals surface area contributed by atoms with E-state index in [9.17, 15) is 4.79 Å². The van der Waals surface area contributed by atoms with Gasteiger partial charge in [0.25, 0.3) is 5.91 Å². The molecule has 20 heavy (non-hydrogen) atoms. The second kappa shape index (κ2) is 7.14. The minimum Gasteiger partial charge on any atom is -0.493 e. The summed E-state index contributed by atoms with van der Waals surface area (Å²) in [6.45, 7) is 2.86. The molecule has 5 heteroatoms. The van der Waals surface area contributed by atoms with Crippen LogP contribution in [0.5, 0.6) is 11.5 Å². The monoisotopic (exact) mass is 278 g/mol. The Morgan fingerprint density at radius 3 is 2.80 bits per heavy atom. The molecule has 0 spiro atoms. The molecule has 0 radical (unpaired) electrons. The van der Waals surface area contributed by atoms with Gasteiger partial charge in [0.1, 0.15) is 0 Å². The number of nitrogens with one attached hydrogen (secondary N) is 2. The third-order valence-electron chi connectivity index (χ3n) is 3.65. The van der Waals surface area contributed by atoms with Gasteiger partial charge in [-0.05, 0) is 50.0 Å². The van der Waals surface area contributed by atoms with Crippen molar-refractivity contribution in [1.82, 2.24) is 10.6 Å². The average Bonchev–Trinajstić information content (AvgIpc) is 2.99. The van der Waals surface area contributed by atoms with Crippen molar-refractivity contribution in [3.05, 3.63) is 23.8 Å². The Labute approximate surface area is 119 Å². The molecular weight excluding hydrogens is 256 g/mol. The first-order valence-corrected chi connectivity index (χ1v) is 6.95. The maximum Gasteiger partial charge on any atom is 0.251 e. The summed E-state index contributed by atoms with van der Waals surface area (Å²) in [5.41, 5.74) is 0.590. The van der Waals surface area contributed by atoms with Gasteiger partial charge in [0.15, 0.2) is 11.5 Å². The molecule has 1 aliphatic heterocycles. The van der Waals surface area contributed by atoms with Crippen LogP contribution >= 0.6 is 0 Å². The molecule has 0 bridgehead atoms. The highest BCUT2D eigenvalue weighted by atomic mass is 16.5. The summed E-state index contributed by atoms with van der Waals surface area (Å²) in [6.07, 6.45) is 2.22. The molecule has 0 aromatic heterocycles. The van der Waals surface area contributed by atoms with Gasteiger partial charge in [-0.25, -0.2) is 0 Å². The second-order valence-corrected chi connectivity index (χ2v) is 4.97. The molecule has 0 aliphatic carbocycles. The van der Waals surface area contributed by atoms with Crippen LogP contribution in [0.25, 0.3) is 0 Å². The van der Waals surface area contributed by atoms with Crippen LogP contribution in [0.2, 0.25) is 0 Å². The summed E-state index contributed by atoms with van der Waals surface area (Å²) >= 11 is 0. The number of benzene rings is 1. The van der Waals surface area contributed by atoms with Crippen LogP contribution in [0.15, 0.2) is 18.2 Å². The summed E-state index contributed by atoms with van der Waals surface area (Å²) in [7, 11) is 3.14. The molecule has 1 atom stereocenters. The molecule has 1 aromatic rings. The van der Waals surface area contributed by atoms with Gasteiger partial charge in [-0.1, -0.05) is 0 Å². The molecular formula is C15H22N2O3. The molecule has 110 valence electrons. The van der Waals surface area contributed by atoms with Crippen molar-refractivity contribution >= 4 is 5.91 Å². The minimum atomic E-state index is -0.0723. The van der Waals surface area contributed by atoms with Gasteiger partial charge in [-0.15, -0.1) is 0 Å². The van der Waals surface area contributed by atoms with Crippen LogP contribution in [0.1, 0.15) is 23.2 Å². The molecule has 1 amide bonds.